The molecule has 0 amide bonds. The van der Waals surface area contributed by atoms with Crippen LogP contribution in [0.2, 0.25) is 0 Å². The van der Waals surface area contributed by atoms with Gasteiger partial charge >= 0.3 is 0 Å². The van der Waals surface area contributed by atoms with Gasteiger partial charge in [0.25, 0.3) is 0 Å². The summed E-state index contributed by atoms with van der Waals surface area (Å²) >= 11 is 0. The fraction of sp³-hybridized carbons (Fsp3) is 0. The van der Waals surface area contributed by atoms with E-state index in [-0.39, 0.29) is 0 Å². The highest BCUT2D eigenvalue weighted by atomic mass is 15.0. The minimum Gasteiger partial charge on any atom is -0.309 e. The van der Waals surface area contributed by atoms with E-state index in [1.807, 2.05) is 0 Å². The summed E-state index contributed by atoms with van der Waals surface area (Å²) in [4.78, 5) is 0. The second-order valence-corrected chi connectivity index (χ2v) is 13.3. The summed E-state index contributed by atoms with van der Waals surface area (Å²) in [5, 5.41) is 7.60. The van der Waals surface area contributed by atoms with Crippen LogP contribution in [0.1, 0.15) is 0 Å². The van der Waals surface area contributed by atoms with Crippen LogP contribution < -0.4 is 0 Å². The molecule has 3 aromatic heterocycles. The molecular formula is C48H31N3. The summed E-state index contributed by atoms with van der Waals surface area (Å²) in [5.41, 5.74) is 13.1. The fourth-order valence-electron chi connectivity index (χ4n) is 8.52. The van der Waals surface area contributed by atoms with Gasteiger partial charge in [0.15, 0.2) is 0 Å². The average Bonchev–Trinajstić information content (AvgIpc) is 3.84. The normalized spacial score (nSPS) is 11.9. The lowest BCUT2D eigenvalue weighted by molar-refractivity contribution is 1.17. The first-order valence-corrected chi connectivity index (χ1v) is 17.5. The van der Waals surface area contributed by atoms with Crippen molar-refractivity contribution in [1.29, 1.82) is 0 Å². The van der Waals surface area contributed by atoms with Crippen molar-refractivity contribution in [3.8, 4) is 28.2 Å². The summed E-state index contributed by atoms with van der Waals surface area (Å²) in [6, 6.07) is 68.4. The molecule has 0 radical (unpaired) electrons. The van der Waals surface area contributed by atoms with E-state index >= 15 is 0 Å². The number of rotatable bonds is 4. The van der Waals surface area contributed by atoms with Crippen LogP contribution in [-0.2, 0) is 0 Å². The van der Waals surface area contributed by atoms with Crippen molar-refractivity contribution in [1.82, 2.24) is 13.7 Å². The zero-order valence-electron chi connectivity index (χ0n) is 27.7. The first-order valence-electron chi connectivity index (χ1n) is 17.5. The van der Waals surface area contributed by atoms with E-state index in [2.05, 4.69) is 202 Å². The van der Waals surface area contributed by atoms with Crippen LogP contribution in [-0.4, -0.2) is 13.7 Å². The summed E-state index contributed by atoms with van der Waals surface area (Å²) in [7, 11) is 0. The Kier molecular flexibility index (Phi) is 5.96. The summed E-state index contributed by atoms with van der Waals surface area (Å²) in [5.74, 6) is 0. The Hall–Kier alpha value is -6.84. The second-order valence-electron chi connectivity index (χ2n) is 13.3. The third-order valence-corrected chi connectivity index (χ3v) is 10.6. The molecule has 0 fully saturated rings. The molecule has 0 atom stereocenters. The van der Waals surface area contributed by atoms with Crippen molar-refractivity contribution >= 4 is 65.4 Å². The molecule has 3 heterocycles. The lowest BCUT2D eigenvalue weighted by atomic mass is 9.97. The highest BCUT2D eigenvalue weighted by Crippen LogP contribution is 2.46. The van der Waals surface area contributed by atoms with Gasteiger partial charge in [0, 0.05) is 54.9 Å². The Morgan fingerprint density at radius 2 is 0.667 bits per heavy atom. The molecular weight excluding hydrogens is 619 g/mol. The van der Waals surface area contributed by atoms with Gasteiger partial charge in [-0.25, -0.2) is 0 Å². The Morgan fingerprint density at radius 1 is 0.275 bits per heavy atom. The zero-order chi connectivity index (χ0) is 33.5. The third-order valence-electron chi connectivity index (χ3n) is 10.6. The molecule has 238 valence electrons. The van der Waals surface area contributed by atoms with Crippen molar-refractivity contribution in [3.05, 3.63) is 188 Å². The van der Waals surface area contributed by atoms with Crippen LogP contribution in [0.3, 0.4) is 0 Å². The van der Waals surface area contributed by atoms with E-state index in [9.17, 15) is 0 Å². The predicted octanol–water partition coefficient (Wildman–Crippen LogP) is 12.6. The SMILES string of the molecule is c1ccc(-n2c3ccccc3c3c4c5ccccc5n(-c5ccccc5)c4c(-c4ccc(-n5c6ccccc6c6ccccc65)cc4)cc32)cc1. The van der Waals surface area contributed by atoms with E-state index in [0.717, 1.165) is 17.1 Å². The lowest BCUT2D eigenvalue weighted by Crippen LogP contribution is -1.97. The van der Waals surface area contributed by atoms with Crippen LogP contribution in [0, 0.1) is 0 Å². The van der Waals surface area contributed by atoms with Crippen molar-refractivity contribution in [3.63, 3.8) is 0 Å². The molecule has 0 aliphatic rings. The minimum absolute atomic E-state index is 1.15. The van der Waals surface area contributed by atoms with Gasteiger partial charge in [-0.05, 0) is 72.3 Å². The molecule has 51 heavy (non-hydrogen) atoms. The van der Waals surface area contributed by atoms with Gasteiger partial charge in [-0.3, -0.25) is 0 Å². The van der Waals surface area contributed by atoms with E-state index in [4.69, 9.17) is 0 Å². The molecule has 0 saturated heterocycles. The van der Waals surface area contributed by atoms with Crippen molar-refractivity contribution in [2.45, 2.75) is 0 Å². The molecule has 3 nitrogen and oxygen atoms in total. The number of para-hydroxylation sites is 6. The number of nitrogens with zero attached hydrogens (tertiary/aromatic N) is 3. The fourth-order valence-corrected chi connectivity index (χ4v) is 8.52. The molecule has 8 aromatic carbocycles. The van der Waals surface area contributed by atoms with Gasteiger partial charge in [-0.1, -0.05) is 121 Å². The molecule has 0 N–H and O–H groups in total. The standard InChI is InChI=1S/C48H31N3/c1-3-15-33(16-4-1)50-43-25-13-9-21-38(43)46-45(50)31-40(48-47(46)39-22-10-14-26-44(39)51(48)34-17-5-2-6-18-34)32-27-29-35(30-28-32)49-41-23-11-7-19-36(41)37-20-8-12-24-42(37)49/h1-31H. The molecule has 0 aliphatic carbocycles. The highest BCUT2D eigenvalue weighted by Gasteiger charge is 2.24. The van der Waals surface area contributed by atoms with E-state index in [0.29, 0.717) is 0 Å². The van der Waals surface area contributed by atoms with Crippen LogP contribution >= 0.6 is 0 Å². The van der Waals surface area contributed by atoms with Crippen LogP contribution in [0.5, 0.6) is 0 Å². The predicted molar refractivity (Wildman–Crippen MR) is 215 cm³/mol. The quantitative estimate of drug-likeness (QED) is 0.180. The summed E-state index contributed by atoms with van der Waals surface area (Å²) in [6.07, 6.45) is 0. The van der Waals surface area contributed by atoms with Crippen molar-refractivity contribution in [2.75, 3.05) is 0 Å². The van der Waals surface area contributed by atoms with Crippen molar-refractivity contribution in [2.24, 2.45) is 0 Å². The first-order chi connectivity index (χ1) is 25.3. The Morgan fingerprint density at radius 3 is 1.24 bits per heavy atom. The maximum Gasteiger partial charge on any atom is 0.0627 e. The monoisotopic (exact) mass is 649 g/mol. The zero-order valence-corrected chi connectivity index (χ0v) is 27.7. The van der Waals surface area contributed by atoms with Gasteiger partial charge in [0.2, 0.25) is 0 Å². The van der Waals surface area contributed by atoms with Crippen LogP contribution in [0.15, 0.2) is 188 Å². The molecule has 11 aromatic rings. The van der Waals surface area contributed by atoms with Gasteiger partial charge in [-0.2, -0.15) is 0 Å². The van der Waals surface area contributed by atoms with Crippen LogP contribution in [0.4, 0.5) is 0 Å². The van der Waals surface area contributed by atoms with Gasteiger partial charge in [0.1, 0.15) is 0 Å². The summed E-state index contributed by atoms with van der Waals surface area (Å²) < 4.78 is 7.30. The summed E-state index contributed by atoms with van der Waals surface area (Å²) in [6.45, 7) is 0. The van der Waals surface area contributed by atoms with E-state index < -0.39 is 0 Å². The third kappa shape index (κ3) is 4.00. The largest absolute Gasteiger partial charge is 0.309 e. The second kappa shape index (κ2) is 10.8. The number of hydrogen-bond donors (Lipinski definition) is 0. The van der Waals surface area contributed by atoms with Gasteiger partial charge in [-0.15, -0.1) is 0 Å². The maximum atomic E-state index is 2.47. The highest BCUT2D eigenvalue weighted by molar-refractivity contribution is 6.31. The molecule has 0 aliphatic heterocycles. The average molecular weight is 650 g/mol. The van der Waals surface area contributed by atoms with Gasteiger partial charge < -0.3 is 13.7 Å². The minimum atomic E-state index is 1.15. The smallest absolute Gasteiger partial charge is 0.0627 e. The Labute approximate surface area is 294 Å². The number of hydrogen-bond acceptors (Lipinski definition) is 0. The first kappa shape index (κ1) is 28.0. The maximum absolute atomic E-state index is 2.47. The molecule has 3 heteroatoms. The van der Waals surface area contributed by atoms with Gasteiger partial charge in [0.05, 0.1) is 33.1 Å². The number of benzene rings is 8. The Balaban J connectivity index is 1.27. The molecule has 11 rings (SSSR count). The van der Waals surface area contributed by atoms with E-state index in [1.165, 1.54) is 76.5 Å². The Bertz CT molecular complexity index is 3050. The molecule has 0 unspecified atom stereocenters. The number of fused-ring (bicyclic) bond motifs is 10. The molecule has 0 saturated carbocycles. The van der Waals surface area contributed by atoms with Crippen molar-refractivity contribution < 1.29 is 0 Å². The van der Waals surface area contributed by atoms with E-state index in [1.54, 1.807) is 0 Å². The van der Waals surface area contributed by atoms with Crippen LogP contribution in [0.25, 0.3) is 93.6 Å². The molecule has 0 bridgehead atoms. The number of aromatic nitrogens is 3. The lowest BCUT2D eigenvalue weighted by Gasteiger charge is -2.15. The molecule has 0 spiro atoms. The topological polar surface area (TPSA) is 14.8 Å².